The molecule has 20 heteroatoms. The number of rotatable bonds is 19. The summed E-state index contributed by atoms with van der Waals surface area (Å²) in [4.78, 5) is 59.5. The maximum atomic E-state index is 14.4. The molecule has 0 radical (unpaired) electrons. The Kier molecular flexibility index (Phi) is 17.7. The van der Waals surface area contributed by atoms with Crippen molar-refractivity contribution in [1.82, 2.24) is 50.4 Å². The van der Waals surface area contributed by atoms with E-state index in [0.29, 0.717) is 49.9 Å². The summed E-state index contributed by atoms with van der Waals surface area (Å²) in [6.45, 7) is 14.4. The number of β-lactam (4-membered cyclic amide) rings is 2. The van der Waals surface area contributed by atoms with Crippen LogP contribution in [-0.4, -0.2) is 144 Å². The predicted molar refractivity (Wildman–Crippen MR) is 348 cm³/mol. The van der Waals surface area contributed by atoms with Crippen LogP contribution < -0.4 is 10.6 Å². The lowest BCUT2D eigenvalue weighted by molar-refractivity contribution is -0.207. The molecule has 8 N–H and O–H groups in total. The van der Waals surface area contributed by atoms with E-state index in [1.807, 2.05) is 60.7 Å². The van der Waals surface area contributed by atoms with Crippen LogP contribution in [0.3, 0.4) is 0 Å². The minimum absolute atomic E-state index is 0.0104. The number of nitrogens with zero attached hydrogens (tertiary/aromatic N) is 8. The van der Waals surface area contributed by atoms with Crippen LogP contribution in [0.4, 0.5) is 0 Å². The maximum absolute atomic E-state index is 14.4. The van der Waals surface area contributed by atoms with E-state index in [1.54, 1.807) is 31.6 Å². The van der Waals surface area contributed by atoms with Crippen LogP contribution in [-0.2, 0) is 32.3 Å². The van der Waals surface area contributed by atoms with Crippen molar-refractivity contribution in [3.63, 3.8) is 0 Å². The molecule has 94 heavy (non-hydrogen) atoms. The summed E-state index contributed by atoms with van der Waals surface area (Å²) in [5.74, 6) is 1.95. The highest BCUT2D eigenvalue weighted by Crippen LogP contribution is 2.70. The monoisotopic (exact) mass is 1290 g/mol. The van der Waals surface area contributed by atoms with Crippen LogP contribution in [0.15, 0.2) is 73.1 Å². The molecule has 10 unspecified atom stereocenters. The van der Waals surface area contributed by atoms with Gasteiger partial charge in [0, 0.05) is 25.9 Å². The topological polar surface area (TPSA) is 282 Å². The molecule has 10 fully saturated rings. The molecule has 2 saturated heterocycles. The minimum atomic E-state index is -0.694. The van der Waals surface area contributed by atoms with Gasteiger partial charge in [0.2, 0.25) is 11.8 Å². The number of likely N-dealkylation sites (tertiary alicyclic amines) is 2. The molecule has 8 aliphatic carbocycles. The van der Waals surface area contributed by atoms with Crippen molar-refractivity contribution in [3.05, 3.63) is 95.6 Å². The van der Waals surface area contributed by atoms with E-state index in [9.17, 15) is 49.8 Å². The van der Waals surface area contributed by atoms with Gasteiger partial charge in [-0.15, -0.1) is 10.2 Å². The molecule has 0 bridgehead atoms. The van der Waals surface area contributed by atoms with Crippen LogP contribution in [0.25, 0.3) is 0 Å². The molecule has 14 rings (SSSR count). The van der Waals surface area contributed by atoms with E-state index in [1.165, 1.54) is 0 Å². The average Bonchev–Trinajstić information content (AvgIpc) is 1.23. The van der Waals surface area contributed by atoms with Crippen LogP contribution in [0.5, 0.6) is 0 Å². The number of carbonyl (C=O) groups excluding carboxylic acids is 4. The van der Waals surface area contributed by atoms with Gasteiger partial charge in [0.15, 0.2) is 12.1 Å². The summed E-state index contributed by atoms with van der Waals surface area (Å²) in [7, 11) is 0. The smallest absolute Gasteiger partial charge is 0.250 e. The highest BCUT2D eigenvalue weighted by molar-refractivity contribution is 5.90. The van der Waals surface area contributed by atoms with Crippen molar-refractivity contribution in [3.8, 4) is 0 Å². The number of fused-ring (bicyclic) bond motifs is 10. The molecule has 510 valence electrons. The first-order valence-electron chi connectivity index (χ1n) is 36.2. The maximum Gasteiger partial charge on any atom is 0.250 e. The largest absolute Gasteiger partial charge is 0.393 e. The summed E-state index contributed by atoms with van der Waals surface area (Å²) in [6.07, 6.45) is 14.5. The Morgan fingerprint density at radius 3 is 1.31 bits per heavy atom. The molecule has 4 amide bonds. The van der Waals surface area contributed by atoms with Gasteiger partial charge in [-0.2, -0.15) is 0 Å². The standard InChI is InChI=1S/C74H104N10O10/c1-41(51-19-21-53-63-55(35-59(89)73(51,53)5)71(3)27-25-49(85)31-45(71)33-57(63)87)17-23-61(91)75-37-47-39-83(79-77-47)67-65(43-13-9-7-10-14-43)81(69(67)93)29-30-82-66(44-15-11-8-12-16-44)68(70(82)94)84-40-48(78-80-84)38-76-62(92)24-18-42(2)52-20-22-54-64-56(36-60(90)74(52,54)6)72(4)28-26-50(86)32-46(72)34-58(64)88/h7-16,39-42,45-46,49-60,63-68,85-90H,17-38H2,1-6H3,(H,75,91)(H,76,92)/t41-,42-,45?,46?,49-,50-,51?,52?,53?,54?,55?,56?,57-,58-,59+,60+,63?,64?,65-,66-,67+,68+,71+,72+,73-,74-/m1/s1. The lowest BCUT2D eigenvalue weighted by Gasteiger charge is -2.63. The predicted octanol–water partition coefficient (Wildman–Crippen LogP) is 7.81. The second-order valence-corrected chi connectivity index (χ2v) is 32.7. The van der Waals surface area contributed by atoms with Crippen molar-refractivity contribution in [2.75, 3.05) is 13.1 Å². The van der Waals surface area contributed by atoms with Gasteiger partial charge in [0.25, 0.3) is 11.8 Å². The van der Waals surface area contributed by atoms with Gasteiger partial charge >= 0.3 is 0 Å². The molecule has 2 aromatic carbocycles. The summed E-state index contributed by atoms with van der Waals surface area (Å²) in [5.41, 5.74) is 2.20. The molecule has 26 atom stereocenters. The Bertz CT molecular complexity index is 3190. The zero-order valence-electron chi connectivity index (χ0n) is 56.1. The van der Waals surface area contributed by atoms with Crippen LogP contribution in [0, 0.1) is 92.7 Å². The fourth-order valence-corrected chi connectivity index (χ4v) is 23.3. The summed E-state index contributed by atoms with van der Waals surface area (Å²) < 4.78 is 3.18. The number of aromatic nitrogens is 6. The van der Waals surface area contributed by atoms with Crippen LogP contribution >= 0.6 is 0 Å². The Labute approximate surface area is 553 Å². The Hall–Kier alpha value is -5.64. The number of aliphatic hydroxyl groups excluding tert-OH is 6. The van der Waals surface area contributed by atoms with Gasteiger partial charge in [-0.05, 0) is 207 Å². The molecular formula is C74H104N10O10. The number of aliphatic hydroxyl groups is 6. The van der Waals surface area contributed by atoms with Gasteiger partial charge in [-0.25, -0.2) is 9.36 Å². The number of nitrogens with one attached hydrogen (secondary N) is 2. The van der Waals surface area contributed by atoms with Gasteiger partial charge in [-0.3, -0.25) is 19.2 Å². The summed E-state index contributed by atoms with van der Waals surface area (Å²) in [6, 6.07) is 17.4. The van der Waals surface area contributed by atoms with Crippen LogP contribution in [0.1, 0.15) is 204 Å². The molecule has 4 aromatic rings. The van der Waals surface area contributed by atoms with Crippen molar-refractivity contribution < 1.29 is 49.8 Å². The van der Waals surface area contributed by atoms with E-state index in [2.05, 4.69) is 72.8 Å². The average molecular weight is 1290 g/mol. The van der Waals surface area contributed by atoms with E-state index in [4.69, 9.17) is 0 Å². The van der Waals surface area contributed by atoms with Gasteiger partial charge in [0.05, 0.1) is 74.2 Å². The number of benzene rings is 2. The Morgan fingerprint density at radius 1 is 0.521 bits per heavy atom. The molecular weight excluding hydrogens is 1190 g/mol. The zero-order chi connectivity index (χ0) is 65.9. The molecule has 10 aliphatic rings. The third kappa shape index (κ3) is 11.0. The molecule has 0 spiro atoms. The van der Waals surface area contributed by atoms with E-state index >= 15 is 0 Å². The third-order valence-corrected chi connectivity index (χ3v) is 28.5. The highest BCUT2D eigenvalue weighted by atomic mass is 16.3. The number of hydrogen-bond acceptors (Lipinski definition) is 14. The highest BCUT2D eigenvalue weighted by Gasteiger charge is 2.68. The Morgan fingerprint density at radius 2 is 0.915 bits per heavy atom. The van der Waals surface area contributed by atoms with Crippen molar-refractivity contribution in [1.29, 1.82) is 0 Å². The van der Waals surface area contributed by atoms with E-state index in [0.717, 1.165) is 88.2 Å². The van der Waals surface area contributed by atoms with Crippen molar-refractivity contribution in [2.45, 2.75) is 231 Å². The SMILES string of the molecule is C[C@H](CCC(=O)NCc1cn([C@@H]2C(=O)N(CCN3C(=O)[C@@H](n4cc(CNC(=O)CC[C@@H](C)C5CCC6C7C(C[C@H](O)[C@@]65C)[C@@]5(C)CC[C@@H](O)CC5C[C@H]7O)nn4)[C@H]3c3ccccc3)[C@@H]2c2ccccc2)nn1)C1CCC2C3C(C[C@H](O)[C@@]21C)[C@@]1(C)CC[C@@H](O)CC1C[C@H]3O. The number of hydrogen-bond donors (Lipinski definition) is 8. The van der Waals surface area contributed by atoms with E-state index in [-0.39, 0.29) is 155 Å². The Balaban J connectivity index is 0.563. The lowest BCUT2D eigenvalue weighted by Crippen LogP contribution is -2.62. The lowest BCUT2D eigenvalue weighted by atomic mass is 9.43. The van der Waals surface area contributed by atoms with Crippen LogP contribution in [0.2, 0.25) is 0 Å². The fourth-order valence-electron chi connectivity index (χ4n) is 23.3. The zero-order valence-corrected chi connectivity index (χ0v) is 56.1. The second kappa shape index (κ2) is 25.3. The van der Waals surface area contributed by atoms with Crippen molar-refractivity contribution >= 4 is 23.6 Å². The van der Waals surface area contributed by atoms with Gasteiger partial charge in [0.1, 0.15) is 11.4 Å². The quantitative estimate of drug-likeness (QED) is 0.0416. The minimum Gasteiger partial charge on any atom is -0.393 e. The van der Waals surface area contributed by atoms with E-state index < -0.39 is 48.6 Å². The number of carbonyl (C=O) groups is 4. The third-order valence-electron chi connectivity index (χ3n) is 28.5. The first kappa shape index (κ1) is 65.6. The second-order valence-electron chi connectivity index (χ2n) is 32.7. The number of amides is 4. The first-order valence-corrected chi connectivity index (χ1v) is 36.2. The first-order chi connectivity index (χ1) is 45.0. The normalized spacial score (nSPS) is 42.0. The molecule has 2 aromatic heterocycles. The molecule has 4 heterocycles. The van der Waals surface area contributed by atoms with Gasteiger partial charge in [-0.1, -0.05) is 113 Å². The van der Waals surface area contributed by atoms with Crippen molar-refractivity contribution in [2.24, 2.45) is 92.7 Å². The summed E-state index contributed by atoms with van der Waals surface area (Å²) in [5, 5.41) is 92.6. The molecule has 2 aliphatic heterocycles. The molecule has 20 nitrogen and oxygen atoms in total. The fraction of sp³-hybridized carbons (Fsp3) is 0.730. The summed E-state index contributed by atoms with van der Waals surface area (Å²) >= 11 is 0. The molecule has 8 saturated carbocycles. The van der Waals surface area contributed by atoms with Gasteiger partial charge < -0.3 is 51.1 Å².